The molecule has 0 fully saturated rings. The van der Waals surface area contributed by atoms with Gasteiger partial charge in [0.05, 0.1) is 0 Å². The number of nitrogens with one attached hydrogen (secondary N) is 1. The Kier molecular flexibility index (Phi) is 41.3. The van der Waals surface area contributed by atoms with Gasteiger partial charge in [0.2, 0.25) is 0 Å². The van der Waals surface area contributed by atoms with E-state index in [0.717, 1.165) is 0 Å². The van der Waals surface area contributed by atoms with Gasteiger partial charge in [0.1, 0.15) is 0 Å². The van der Waals surface area contributed by atoms with Crippen molar-refractivity contribution >= 4 is 0 Å². The van der Waals surface area contributed by atoms with Gasteiger partial charge in [0, 0.05) is 0 Å². The lowest BCUT2D eigenvalue weighted by molar-refractivity contribution is 1.09. The smallest absolute Gasteiger partial charge is 0.00208 e. The lowest BCUT2D eigenvalue weighted by Crippen LogP contribution is -1.27. The van der Waals surface area contributed by atoms with Crippen LogP contribution in [-0.2, 0) is 0 Å². The lowest BCUT2D eigenvalue weighted by atomic mass is 10.6. The molecule has 0 aromatic carbocycles. The van der Waals surface area contributed by atoms with E-state index in [9.17, 15) is 0 Å². The van der Waals surface area contributed by atoms with Crippen molar-refractivity contribution in [3.8, 4) is 0 Å². The van der Waals surface area contributed by atoms with Crippen LogP contribution in [0.4, 0.5) is 0 Å². The molecule has 3 heteroatoms. The fraction of sp³-hybridized carbons (Fsp3) is 1.00. The Hall–Kier alpha value is -0.690. The normalized spacial score (nSPS) is 4.33. The SMILES string of the molecule is CCC.[N-]=[N+]=N. The van der Waals surface area contributed by atoms with Gasteiger partial charge in [0.25, 0.3) is 0 Å². The highest BCUT2D eigenvalue weighted by atomic mass is 15.0. The van der Waals surface area contributed by atoms with Gasteiger partial charge >= 0.3 is 0 Å². The Morgan fingerprint density at radius 3 is 1.67 bits per heavy atom. The molecule has 6 heavy (non-hydrogen) atoms. The average molecular weight is 87.1 g/mol. The van der Waals surface area contributed by atoms with Crippen LogP contribution in [0.2, 0.25) is 0 Å². The summed E-state index contributed by atoms with van der Waals surface area (Å²) in [6, 6.07) is 0. The second-order valence-corrected chi connectivity index (χ2v) is 0.807. The Morgan fingerprint density at radius 1 is 1.67 bits per heavy atom. The van der Waals surface area contributed by atoms with Crippen molar-refractivity contribution < 1.29 is 0 Å². The summed E-state index contributed by atoms with van der Waals surface area (Å²) < 4.78 is 0. The summed E-state index contributed by atoms with van der Waals surface area (Å²) in [5.74, 6) is 0. The molecule has 1 N–H and O–H groups in total. The van der Waals surface area contributed by atoms with Crippen molar-refractivity contribution in [1.82, 2.24) is 0 Å². The summed E-state index contributed by atoms with van der Waals surface area (Å²) in [5, 5.41) is 0. The van der Waals surface area contributed by atoms with Crippen LogP contribution >= 0.6 is 0 Å². The van der Waals surface area contributed by atoms with E-state index in [4.69, 9.17) is 11.1 Å². The second kappa shape index (κ2) is 27.5. The maximum Gasteiger partial charge on any atom is -0.00208 e. The molecule has 0 bridgehead atoms. The van der Waals surface area contributed by atoms with E-state index in [0.29, 0.717) is 0 Å². The third-order valence-corrected chi connectivity index (χ3v) is 0. The quantitative estimate of drug-likeness (QED) is 0.268. The van der Waals surface area contributed by atoms with E-state index < -0.39 is 0 Å². The molecule has 0 unspecified atom stereocenters. The van der Waals surface area contributed by atoms with Gasteiger partial charge < -0.3 is 0 Å². The van der Waals surface area contributed by atoms with Gasteiger partial charge in [-0.1, -0.05) is 20.3 Å². The molecule has 0 aliphatic heterocycles. The summed E-state index contributed by atoms with van der Waals surface area (Å²) in [7, 11) is 0. The first-order chi connectivity index (χ1) is 2.83. The van der Waals surface area contributed by atoms with Gasteiger partial charge in [-0.3, -0.25) is 0 Å². The average Bonchev–Trinajstić information content (AvgIpc) is 1.39. The first-order valence-corrected chi connectivity index (χ1v) is 1.84. The Balaban J connectivity index is 0. The van der Waals surface area contributed by atoms with E-state index in [1.807, 2.05) is 0 Å². The maximum atomic E-state index is 6.86. The summed E-state index contributed by atoms with van der Waals surface area (Å²) in [6.45, 7) is 4.25. The molecule has 0 saturated heterocycles. The largest absolute Gasteiger partial charge is 0.108 e. The zero-order valence-electron chi connectivity index (χ0n) is 4.10. The van der Waals surface area contributed by atoms with Gasteiger partial charge in [-0.15, -0.1) is 5.53 Å². The van der Waals surface area contributed by atoms with E-state index >= 15 is 0 Å². The molecule has 0 heterocycles. The van der Waals surface area contributed by atoms with Crippen molar-refractivity contribution in [1.29, 1.82) is 5.53 Å². The van der Waals surface area contributed by atoms with Gasteiger partial charge in [-0.25, -0.2) is 0 Å². The van der Waals surface area contributed by atoms with Crippen LogP contribution in [0.3, 0.4) is 0 Å². The summed E-state index contributed by atoms with van der Waals surface area (Å²) >= 11 is 0. The molecule has 0 amide bonds. The van der Waals surface area contributed by atoms with Crippen LogP contribution < -0.4 is 0 Å². The Labute approximate surface area is 37.4 Å². The minimum absolute atomic E-state index is 1.25. The van der Waals surface area contributed by atoms with E-state index in [1.165, 1.54) is 6.42 Å². The molecule has 0 radical (unpaired) electrons. The topological polar surface area (TPSA) is 60.3 Å². The zero-order valence-corrected chi connectivity index (χ0v) is 4.10. The number of rotatable bonds is 0. The van der Waals surface area contributed by atoms with Crippen LogP contribution in [0.5, 0.6) is 0 Å². The van der Waals surface area contributed by atoms with Crippen molar-refractivity contribution in [3.63, 3.8) is 0 Å². The lowest BCUT2D eigenvalue weighted by Gasteiger charge is -1.48. The van der Waals surface area contributed by atoms with Crippen molar-refractivity contribution in [2.75, 3.05) is 0 Å². The summed E-state index contributed by atoms with van der Waals surface area (Å²) in [6.07, 6.45) is 1.25. The Morgan fingerprint density at radius 2 is 1.67 bits per heavy atom. The molecule has 3 nitrogen and oxygen atoms in total. The molecule has 0 saturated carbocycles. The van der Waals surface area contributed by atoms with E-state index in [1.54, 1.807) is 4.91 Å². The molecule has 0 aromatic heterocycles. The first kappa shape index (κ1) is 9.00. The number of hydrogen-bond donors (Lipinski definition) is 1. The van der Waals surface area contributed by atoms with Crippen LogP contribution in [0.25, 0.3) is 10.4 Å². The van der Waals surface area contributed by atoms with Gasteiger partial charge in [-0.05, 0) is 10.4 Å². The minimum Gasteiger partial charge on any atom is -0.108 e. The molecule has 36 valence electrons. The standard InChI is InChI=1S/C3H8.HN3/c2*1-3-2/h3H2,1-2H3;1H. The third kappa shape index (κ3) is 37.1. The third-order valence-electron chi connectivity index (χ3n) is 0. The van der Waals surface area contributed by atoms with Crippen molar-refractivity contribution in [2.24, 2.45) is 0 Å². The molecule has 0 rings (SSSR count). The molecular weight excluding hydrogens is 78.1 g/mol. The van der Waals surface area contributed by atoms with Crippen molar-refractivity contribution in [3.05, 3.63) is 10.4 Å². The predicted octanol–water partition coefficient (Wildman–Crippen LogP) is 2.29. The molecular formula is C3H9N3. The van der Waals surface area contributed by atoms with E-state index in [2.05, 4.69) is 13.8 Å². The van der Waals surface area contributed by atoms with Crippen molar-refractivity contribution in [2.45, 2.75) is 20.3 Å². The first-order valence-electron chi connectivity index (χ1n) is 1.84. The monoisotopic (exact) mass is 87.1 g/mol. The Bertz CT molecular complexity index is 35.3. The highest BCUT2D eigenvalue weighted by Crippen LogP contribution is 1.56. The molecule has 0 aliphatic rings. The van der Waals surface area contributed by atoms with Gasteiger partial charge in [0.15, 0.2) is 0 Å². The van der Waals surface area contributed by atoms with Crippen LogP contribution in [0, 0.1) is 5.53 Å². The second-order valence-electron chi connectivity index (χ2n) is 0.807. The highest BCUT2D eigenvalue weighted by molar-refractivity contribution is 4.18. The zero-order chi connectivity index (χ0) is 5.41. The fourth-order valence-electron chi connectivity index (χ4n) is 0. The molecule has 0 spiro atoms. The van der Waals surface area contributed by atoms with E-state index in [-0.39, 0.29) is 0 Å². The number of nitrogens with zero attached hydrogens (tertiary/aromatic N) is 2. The molecule has 0 atom stereocenters. The predicted molar refractivity (Wildman–Crippen MR) is 25.4 cm³/mol. The summed E-state index contributed by atoms with van der Waals surface area (Å²) in [4.78, 5) is 1.75. The van der Waals surface area contributed by atoms with Gasteiger partial charge in [-0.2, -0.15) is 0 Å². The minimum atomic E-state index is 1.25. The fourth-order valence-corrected chi connectivity index (χ4v) is 0. The number of hydrogen-bond acceptors (Lipinski definition) is 1. The molecule has 0 aromatic rings. The van der Waals surface area contributed by atoms with Crippen LogP contribution in [-0.4, -0.2) is 0 Å². The summed E-state index contributed by atoms with van der Waals surface area (Å²) in [5.41, 5.74) is 12.2. The maximum absolute atomic E-state index is 6.86. The highest BCUT2D eigenvalue weighted by Gasteiger charge is 1.35. The molecule has 0 aliphatic carbocycles. The van der Waals surface area contributed by atoms with Crippen LogP contribution in [0.1, 0.15) is 20.3 Å². The van der Waals surface area contributed by atoms with Crippen LogP contribution in [0.15, 0.2) is 0 Å².